The molecule has 3 aliphatic rings. The van der Waals surface area contributed by atoms with Crippen LogP contribution in [0.25, 0.3) is 6.08 Å². The maximum absolute atomic E-state index is 15.0. The second-order valence-corrected chi connectivity index (χ2v) is 12.3. The van der Waals surface area contributed by atoms with Crippen LogP contribution in [0.4, 0.5) is 5.69 Å². The molecule has 6 heteroatoms. The number of anilines is 1. The quantitative estimate of drug-likeness (QED) is 0.241. The van der Waals surface area contributed by atoms with Gasteiger partial charge in [-0.25, -0.2) is 0 Å². The van der Waals surface area contributed by atoms with Crippen LogP contribution in [0.3, 0.4) is 0 Å². The smallest absolute Gasteiger partial charge is 0.238 e. The highest BCUT2D eigenvalue weighted by molar-refractivity contribution is 6.16. The second-order valence-electron chi connectivity index (χ2n) is 12.3. The normalized spacial score (nSPS) is 22.9. The van der Waals surface area contributed by atoms with Gasteiger partial charge in [0.05, 0.1) is 19.1 Å². The lowest BCUT2D eigenvalue weighted by molar-refractivity contribution is -0.122. The van der Waals surface area contributed by atoms with Crippen molar-refractivity contribution in [3.63, 3.8) is 0 Å². The molecule has 3 aliphatic heterocycles. The third kappa shape index (κ3) is 4.12. The molecule has 0 unspecified atom stereocenters. The minimum Gasteiger partial charge on any atom is -0.497 e. The summed E-state index contributed by atoms with van der Waals surface area (Å²) in [5.74, 6) is -0.600. The van der Waals surface area contributed by atoms with Crippen LogP contribution in [0.5, 0.6) is 5.75 Å². The zero-order valence-electron chi connectivity index (χ0n) is 25.0. The zero-order chi connectivity index (χ0) is 30.6. The molecular weight excluding hydrogens is 548 g/mol. The fraction of sp³-hybridized carbons (Fsp3) is 0.237. The summed E-state index contributed by atoms with van der Waals surface area (Å²) in [5, 5.41) is 3.11. The number of ketones is 2. The van der Waals surface area contributed by atoms with Gasteiger partial charge in [-0.2, -0.15) is 0 Å². The average molecular weight is 583 g/mol. The van der Waals surface area contributed by atoms with Gasteiger partial charge < -0.3 is 15.0 Å². The van der Waals surface area contributed by atoms with Crippen LogP contribution >= 0.6 is 0 Å². The van der Waals surface area contributed by atoms with Gasteiger partial charge >= 0.3 is 0 Å². The Bertz CT molecular complexity index is 1810. The number of para-hydroxylation sites is 1. The van der Waals surface area contributed by atoms with Gasteiger partial charge in [0.15, 0.2) is 11.6 Å². The summed E-state index contributed by atoms with van der Waals surface area (Å²) in [5.41, 5.74) is 4.03. The minimum atomic E-state index is -1.35. The number of Topliss-reactive ketones (excluding diaryl/α,β-unsaturated/α-hetero) is 2. The summed E-state index contributed by atoms with van der Waals surface area (Å²) in [6.07, 6.45) is 4.77. The van der Waals surface area contributed by atoms with E-state index in [1.54, 1.807) is 31.4 Å². The van der Waals surface area contributed by atoms with Crippen molar-refractivity contribution in [2.24, 2.45) is 11.8 Å². The van der Waals surface area contributed by atoms with Crippen molar-refractivity contribution < 1.29 is 19.1 Å². The molecule has 1 N–H and O–H groups in total. The van der Waals surface area contributed by atoms with E-state index >= 15 is 0 Å². The van der Waals surface area contributed by atoms with Gasteiger partial charge in [-0.15, -0.1) is 0 Å². The Balaban J connectivity index is 1.47. The van der Waals surface area contributed by atoms with Gasteiger partial charge in [0.25, 0.3) is 0 Å². The Labute approximate surface area is 257 Å². The van der Waals surface area contributed by atoms with E-state index in [1.807, 2.05) is 90.0 Å². The van der Waals surface area contributed by atoms with Crippen molar-refractivity contribution in [3.05, 3.63) is 137 Å². The van der Waals surface area contributed by atoms with E-state index in [0.717, 1.165) is 28.7 Å². The van der Waals surface area contributed by atoms with E-state index in [2.05, 4.69) is 19.2 Å². The molecule has 0 radical (unpaired) electrons. The second kappa shape index (κ2) is 10.6. The fourth-order valence-corrected chi connectivity index (χ4v) is 7.55. The van der Waals surface area contributed by atoms with E-state index in [1.165, 1.54) is 0 Å². The number of hydrogen-bond donors (Lipinski definition) is 1. The molecule has 0 aliphatic carbocycles. The summed E-state index contributed by atoms with van der Waals surface area (Å²) in [4.78, 5) is 46.2. The first kappa shape index (κ1) is 27.8. The van der Waals surface area contributed by atoms with Gasteiger partial charge in [0, 0.05) is 23.0 Å². The van der Waals surface area contributed by atoms with Crippen LogP contribution in [0, 0.1) is 11.8 Å². The number of nitrogens with zero attached hydrogens (tertiary/aromatic N) is 1. The highest BCUT2D eigenvalue weighted by atomic mass is 16.5. The molecule has 4 aromatic carbocycles. The molecular formula is C38H34N2O4. The predicted molar refractivity (Wildman–Crippen MR) is 171 cm³/mol. The van der Waals surface area contributed by atoms with Gasteiger partial charge in [0.2, 0.25) is 5.91 Å². The molecule has 4 aromatic rings. The zero-order valence-corrected chi connectivity index (χ0v) is 25.0. The predicted octanol–water partition coefficient (Wildman–Crippen LogP) is 6.88. The summed E-state index contributed by atoms with van der Waals surface area (Å²) in [6, 6.07) is 28.6. The number of rotatable bonds is 7. The fourth-order valence-electron chi connectivity index (χ4n) is 7.55. The van der Waals surface area contributed by atoms with Crippen LogP contribution < -0.4 is 10.1 Å². The maximum Gasteiger partial charge on any atom is 0.238 e. The number of carbonyl (C=O) groups is 3. The maximum atomic E-state index is 15.0. The number of hydrogen-bond acceptors (Lipinski definition) is 5. The van der Waals surface area contributed by atoms with E-state index in [0.29, 0.717) is 28.5 Å². The minimum absolute atomic E-state index is 0.217. The van der Waals surface area contributed by atoms with E-state index in [9.17, 15) is 14.4 Å². The molecule has 6 nitrogen and oxygen atoms in total. The lowest BCUT2D eigenvalue weighted by atomic mass is 9.62. The number of amides is 1. The standard InChI is InChI=1S/C38H34N2O4/c1-23(2)22-24-12-14-26(15-13-24)34(41)32-33(35(42)27-16-18-28(44-3)19-17-27)40-21-20-25-8-4-5-9-29(25)36(40)38(32)30-10-6-7-11-31(30)39-37(38)43/h4-21,23,32-33,36H,22H2,1-3H3,(H,39,43)/t32-,33+,36-,38-/m1/s1. The number of carbonyl (C=O) groups excluding carboxylic acids is 3. The van der Waals surface area contributed by atoms with Gasteiger partial charge in [-0.1, -0.05) is 80.6 Å². The van der Waals surface area contributed by atoms with Crippen molar-refractivity contribution >= 4 is 29.2 Å². The Hall–Kier alpha value is -4.97. The van der Waals surface area contributed by atoms with Crippen LogP contribution in [-0.4, -0.2) is 35.5 Å². The van der Waals surface area contributed by atoms with E-state index in [4.69, 9.17) is 4.74 Å². The molecule has 220 valence electrons. The number of benzene rings is 4. The lowest BCUT2D eigenvalue weighted by Gasteiger charge is -2.38. The van der Waals surface area contributed by atoms with E-state index < -0.39 is 23.4 Å². The number of methoxy groups -OCH3 is 1. The van der Waals surface area contributed by atoms with E-state index in [-0.39, 0.29) is 17.5 Å². The van der Waals surface area contributed by atoms with Crippen LogP contribution in [-0.2, 0) is 16.6 Å². The molecule has 1 amide bonds. The largest absolute Gasteiger partial charge is 0.497 e. The van der Waals surface area contributed by atoms with Crippen LogP contribution in [0.2, 0.25) is 0 Å². The molecule has 7 rings (SSSR count). The summed E-state index contributed by atoms with van der Waals surface area (Å²) in [6.45, 7) is 4.32. The van der Waals surface area contributed by atoms with Crippen molar-refractivity contribution in [3.8, 4) is 5.75 Å². The Morgan fingerprint density at radius 2 is 1.52 bits per heavy atom. The lowest BCUT2D eigenvalue weighted by Crippen LogP contribution is -2.49. The topological polar surface area (TPSA) is 75.7 Å². The van der Waals surface area contributed by atoms with Gasteiger partial charge in [-0.3, -0.25) is 14.4 Å². The number of fused-ring (bicyclic) bond motifs is 6. The first-order chi connectivity index (χ1) is 21.3. The molecule has 1 fully saturated rings. The summed E-state index contributed by atoms with van der Waals surface area (Å²) < 4.78 is 5.34. The highest BCUT2D eigenvalue weighted by Crippen LogP contribution is 2.62. The molecule has 4 atom stereocenters. The molecule has 3 heterocycles. The van der Waals surface area contributed by atoms with Gasteiger partial charge in [-0.05, 0) is 71.0 Å². The molecule has 44 heavy (non-hydrogen) atoms. The highest BCUT2D eigenvalue weighted by Gasteiger charge is 2.70. The average Bonchev–Trinajstić information content (AvgIpc) is 3.52. The van der Waals surface area contributed by atoms with Crippen molar-refractivity contribution in [1.29, 1.82) is 0 Å². The third-order valence-corrected chi connectivity index (χ3v) is 9.38. The first-order valence-electron chi connectivity index (χ1n) is 15.1. The summed E-state index contributed by atoms with van der Waals surface area (Å²) >= 11 is 0. The molecule has 1 saturated heterocycles. The van der Waals surface area contributed by atoms with Crippen molar-refractivity contribution in [1.82, 2.24) is 4.90 Å². The summed E-state index contributed by atoms with van der Waals surface area (Å²) in [7, 11) is 1.58. The Kier molecular flexibility index (Phi) is 6.73. The Morgan fingerprint density at radius 1 is 0.864 bits per heavy atom. The van der Waals surface area contributed by atoms with Crippen molar-refractivity contribution in [2.45, 2.75) is 37.8 Å². The van der Waals surface area contributed by atoms with Crippen LogP contribution in [0.15, 0.2) is 103 Å². The molecule has 0 saturated carbocycles. The first-order valence-corrected chi connectivity index (χ1v) is 15.1. The van der Waals surface area contributed by atoms with Crippen LogP contribution in [0.1, 0.15) is 62.9 Å². The number of ether oxygens (including phenoxy) is 1. The number of nitrogens with one attached hydrogen (secondary N) is 1. The third-order valence-electron chi connectivity index (χ3n) is 9.38. The monoisotopic (exact) mass is 582 g/mol. The van der Waals surface area contributed by atoms with Crippen molar-refractivity contribution in [2.75, 3.05) is 12.4 Å². The SMILES string of the molecule is COc1ccc(C(=O)[C@@H]2[C@H](C(=O)c3ccc(CC(C)C)cc3)[C@@]3(C(=O)Nc4ccccc43)[C@H]3c4ccccc4C=CN23)cc1. The molecule has 1 spiro atoms. The van der Waals surface area contributed by atoms with Gasteiger partial charge in [0.1, 0.15) is 17.2 Å². The molecule has 0 bridgehead atoms. The Morgan fingerprint density at radius 3 is 2.25 bits per heavy atom. The molecule has 0 aromatic heterocycles.